The van der Waals surface area contributed by atoms with Crippen LogP contribution in [0.25, 0.3) is 22.4 Å². The summed E-state index contributed by atoms with van der Waals surface area (Å²) in [7, 11) is 0. The van der Waals surface area contributed by atoms with Crippen molar-refractivity contribution in [3.8, 4) is 22.4 Å². The Morgan fingerprint density at radius 1 is 1.00 bits per heavy atom. The van der Waals surface area contributed by atoms with E-state index in [4.69, 9.17) is 10.6 Å². The minimum Gasteiger partial charge on any atom is -0.462 e. The molecule has 0 aliphatic rings. The number of carbonyl (C=O) groups is 2. The number of nitrogens with one attached hydrogen (secondary N) is 1. The van der Waals surface area contributed by atoms with E-state index in [0.717, 1.165) is 28.1 Å². The Morgan fingerprint density at radius 3 is 2.24 bits per heavy atom. The lowest BCUT2D eigenvalue weighted by molar-refractivity contribution is -0.121. The summed E-state index contributed by atoms with van der Waals surface area (Å²) in [4.78, 5) is 24.0. The third-order valence-electron chi connectivity index (χ3n) is 4.87. The fraction of sp³-hybridized carbons (Fsp3) is 0.217. The minimum absolute atomic E-state index is 0.212. The SMILES string of the molecule is CCOC(=O)c1cc(-c2ccc(-c3ccccc3)cc2)n(CCC(=O)NN)c1C. The second kappa shape index (κ2) is 9.21. The number of nitrogens with zero attached hydrogens (tertiary/aromatic N) is 1. The average Bonchev–Trinajstić information content (AvgIpc) is 3.09. The van der Waals surface area contributed by atoms with E-state index in [0.29, 0.717) is 18.7 Å². The van der Waals surface area contributed by atoms with Gasteiger partial charge in [0.1, 0.15) is 0 Å². The van der Waals surface area contributed by atoms with Crippen LogP contribution in [0.5, 0.6) is 0 Å². The normalized spacial score (nSPS) is 10.6. The van der Waals surface area contributed by atoms with Crippen molar-refractivity contribution in [1.29, 1.82) is 0 Å². The smallest absolute Gasteiger partial charge is 0.339 e. The maximum atomic E-state index is 12.4. The molecule has 0 spiro atoms. The van der Waals surface area contributed by atoms with Crippen LogP contribution in [-0.2, 0) is 16.1 Å². The zero-order valence-electron chi connectivity index (χ0n) is 16.6. The molecule has 0 saturated carbocycles. The second-order valence-electron chi connectivity index (χ2n) is 6.66. The van der Waals surface area contributed by atoms with E-state index in [1.54, 1.807) is 6.92 Å². The highest BCUT2D eigenvalue weighted by Gasteiger charge is 2.20. The number of hydrazine groups is 1. The first-order valence-corrected chi connectivity index (χ1v) is 9.57. The van der Waals surface area contributed by atoms with Crippen molar-refractivity contribution >= 4 is 11.9 Å². The lowest BCUT2D eigenvalue weighted by Gasteiger charge is -2.12. The molecule has 6 heteroatoms. The Labute approximate surface area is 170 Å². The third kappa shape index (κ3) is 4.55. The maximum absolute atomic E-state index is 12.4. The summed E-state index contributed by atoms with van der Waals surface area (Å²) in [6.45, 7) is 4.34. The predicted molar refractivity (Wildman–Crippen MR) is 113 cm³/mol. The van der Waals surface area contributed by atoms with Crippen molar-refractivity contribution in [2.24, 2.45) is 5.84 Å². The van der Waals surface area contributed by atoms with E-state index in [2.05, 4.69) is 17.6 Å². The summed E-state index contributed by atoms with van der Waals surface area (Å²) in [6, 6.07) is 20.1. The molecule has 6 nitrogen and oxygen atoms in total. The largest absolute Gasteiger partial charge is 0.462 e. The van der Waals surface area contributed by atoms with Crippen LogP contribution in [0.2, 0.25) is 0 Å². The minimum atomic E-state index is -0.366. The molecule has 3 N–H and O–H groups in total. The Morgan fingerprint density at radius 2 is 1.62 bits per heavy atom. The molecule has 3 rings (SSSR count). The zero-order valence-corrected chi connectivity index (χ0v) is 16.6. The maximum Gasteiger partial charge on any atom is 0.339 e. The Balaban J connectivity index is 1.98. The van der Waals surface area contributed by atoms with Gasteiger partial charge in [-0.2, -0.15) is 0 Å². The van der Waals surface area contributed by atoms with Gasteiger partial charge in [0.2, 0.25) is 5.91 Å². The number of rotatable bonds is 7. The van der Waals surface area contributed by atoms with Crippen LogP contribution in [0.15, 0.2) is 60.7 Å². The summed E-state index contributed by atoms with van der Waals surface area (Å²) < 4.78 is 7.14. The van der Waals surface area contributed by atoms with Crippen LogP contribution < -0.4 is 11.3 Å². The van der Waals surface area contributed by atoms with Crippen molar-refractivity contribution in [3.63, 3.8) is 0 Å². The number of amides is 1. The summed E-state index contributed by atoms with van der Waals surface area (Å²) >= 11 is 0. The number of nitrogens with two attached hydrogens (primary N) is 1. The molecule has 0 radical (unpaired) electrons. The Kier molecular flexibility index (Phi) is 6.46. The summed E-state index contributed by atoms with van der Waals surface area (Å²) in [5.41, 5.74) is 7.46. The molecule has 3 aromatic rings. The van der Waals surface area contributed by atoms with Gasteiger partial charge in [0.05, 0.1) is 12.2 Å². The van der Waals surface area contributed by atoms with Crippen molar-refractivity contribution < 1.29 is 14.3 Å². The van der Waals surface area contributed by atoms with E-state index < -0.39 is 0 Å². The van der Waals surface area contributed by atoms with Crippen molar-refractivity contribution in [2.75, 3.05) is 6.61 Å². The van der Waals surface area contributed by atoms with Crippen LogP contribution in [0.3, 0.4) is 0 Å². The molecule has 0 bridgehead atoms. The van der Waals surface area contributed by atoms with Crippen molar-refractivity contribution in [1.82, 2.24) is 9.99 Å². The molecule has 0 unspecified atom stereocenters. The predicted octanol–water partition coefficient (Wildman–Crippen LogP) is 3.69. The summed E-state index contributed by atoms with van der Waals surface area (Å²) in [5, 5.41) is 0. The topological polar surface area (TPSA) is 86.3 Å². The molecule has 150 valence electrons. The molecule has 0 aliphatic carbocycles. The van der Waals surface area contributed by atoms with Gasteiger partial charge < -0.3 is 9.30 Å². The van der Waals surface area contributed by atoms with Crippen LogP contribution in [0.4, 0.5) is 0 Å². The molecule has 29 heavy (non-hydrogen) atoms. The van der Waals surface area contributed by atoms with Crippen LogP contribution in [-0.4, -0.2) is 23.1 Å². The van der Waals surface area contributed by atoms with Gasteiger partial charge in [-0.05, 0) is 36.6 Å². The number of carbonyl (C=O) groups excluding carboxylic acids is 2. The number of esters is 1. The lowest BCUT2D eigenvalue weighted by Crippen LogP contribution is -2.30. The first-order chi connectivity index (χ1) is 14.0. The molecule has 0 saturated heterocycles. The molecule has 1 aromatic heterocycles. The lowest BCUT2D eigenvalue weighted by atomic mass is 10.0. The van der Waals surface area contributed by atoms with Gasteiger partial charge in [-0.1, -0.05) is 54.6 Å². The molecule has 2 aromatic carbocycles. The first-order valence-electron chi connectivity index (χ1n) is 9.57. The van der Waals surface area contributed by atoms with E-state index >= 15 is 0 Å². The van der Waals surface area contributed by atoms with Gasteiger partial charge in [-0.25, -0.2) is 10.6 Å². The standard InChI is InChI=1S/C23H25N3O3/c1-3-29-23(28)20-15-21(26(16(20)2)14-13-22(27)25-24)19-11-9-18(10-12-19)17-7-5-4-6-8-17/h4-12,15H,3,13-14,24H2,1-2H3,(H,25,27). The third-order valence-corrected chi connectivity index (χ3v) is 4.87. The highest BCUT2D eigenvalue weighted by molar-refractivity contribution is 5.93. The highest BCUT2D eigenvalue weighted by Crippen LogP contribution is 2.29. The van der Waals surface area contributed by atoms with Gasteiger partial charge in [0.25, 0.3) is 0 Å². The molecule has 0 atom stereocenters. The van der Waals surface area contributed by atoms with E-state index in [-0.39, 0.29) is 18.3 Å². The highest BCUT2D eigenvalue weighted by atomic mass is 16.5. The van der Waals surface area contributed by atoms with E-state index in [1.807, 2.05) is 60.0 Å². The first kappa shape index (κ1) is 20.4. The van der Waals surface area contributed by atoms with Gasteiger partial charge in [-0.15, -0.1) is 0 Å². The quantitative estimate of drug-likeness (QED) is 0.278. The van der Waals surface area contributed by atoms with E-state index in [1.165, 1.54) is 0 Å². The molecular weight excluding hydrogens is 366 g/mol. The summed E-state index contributed by atoms with van der Waals surface area (Å²) in [5.74, 6) is 4.58. The van der Waals surface area contributed by atoms with Crippen LogP contribution in [0.1, 0.15) is 29.4 Å². The van der Waals surface area contributed by atoms with Crippen LogP contribution >= 0.6 is 0 Å². The van der Waals surface area contributed by atoms with Crippen molar-refractivity contribution in [2.45, 2.75) is 26.8 Å². The number of hydrogen-bond donors (Lipinski definition) is 2. The number of ether oxygens (including phenoxy) is 1. The fourth-order valence-electron chi connectivity index (χ4n) is 3.34. The number of aromatic nitrogens is 1. The number of hydrogen-bond acceptors (Lipinski definition) is 4. The Hall–Kier alpha value is -3.38. The van der Waals surface area contributed by atoms with Crippen molar-refractivity contribution in [3.05, 3.63) is 71.9 Å². The van der Waals surface area contributed by atoms with Gasteiger partial charge in [0, 0.05) is 24.4 Å². The van der Waals surface area contributed by atoms with E-state index in [9.17, 15) is 9.59 Å². The average molecular weight is 391 g/mol. The van der Waals surface area contributed by atoms with Gasteiger partial charge in [-0.3, -0.25) is 10.2 Å². The Bertz CT molecular complexity index is 992. The molecular formula is C23H25N3O3. The second-order valence-corrected chi connectivity index (χ2v) is 6.66. The zero-order chi connectivity index (χ0) is 20.8. The van der Waals surface area contributed by atoms with Gasteiger partial charge in [0.15, 0.2) is 0 Å². The summed E-state index contributed by atoms with van der Waals surface area (Å²) in [6.07, 6.45) is 0.212. The van der Waals surface area contributed by atoms with Crippen LogP contribution in [0, 0.1) is 6.92 Å². The van der Waals surface area contributed by atoms with Gasteiger partial charge >= 0.3 is 5.97 Å². The molecule has 1 heterocycles. The molecule has 0 fully saturated rings. The molecule has 1 amide bonds. The fourth-order valence-corrected chi connectivity index (χ4v) is 3.34. The number of benzene rings is 2. The monoisotopic (exact) mass is 391 g/mol. The molecule has 0 aliphatic heterocycles.